The molecule has 1 aliphatic rings. The molecule has 0 aliphatic heterocycles. The molecule has 6 heteroatoms. The number of carbonyl (C=O) groups excluding carboxylic acids is 1. The van der Waals surface area contributed by atoms with Crippen molar-refractivity contribution in [2.45, 2.75) is 31.8 Å². The largest absolute Gasteiger partial charge is 0.353 e. The van der Waals surface area contributed by atoms with Gasteiger partial charge in [0.15, 0.2) is 4.77 Å². The van der Waals surface area contributed by atoms with E-state index in [1.165, 1.54) is 12.1 Å². The highest BCUT2D eigenvalue weighted by atomic mass is 32.1. The number of nitrogens with zero attached hydrogens (tertiary/aromatic N) is 1. The highest BCUT2D eigenvalue weighted by molar-refractivity contribution is 7.71. The number of nitrogens with one attached hydrogen (secondary N) is 2. The summed E-state index contributed by atoms with van der Waals surface area (Å²) in [5.74, 6) is -0.284. The zero-order valence-corrected chi connectivity index (χ0v) is 11.1. The molecule has 0 atom stereocenters. The first-order chi connectivity index (χ1) is 9.13. The molecule has 1 aromatic heterocycles. The van der Waals surface area contributed by atoms with E-state index in [1.54, 1.807) is 10.6 Å². The second kappa shape index (κ2) is 4.77. The second-order valence-corrected chi connectivity index (χ2v) is 5.22. The molecule has 2 aromatic rings. The number of rotatable bonds is 4. The van der Waals surface area contributed by atoms with Crippen molar-refractivity contribution in [2.24, 2.45) is 0 Å². The van der Waals surface area contributed by atoms with Crippen LogP contribution in [0.15, 0.2) is 18.2 Å². The molecule has 3 rings (SSSR count). The fourth-order valence-corrected chi connectivity index (χ4v) is 2.39. The van der Waals surface area contributed by atoms with Crippen molar-refractivity contribution in [2.75, 3.05) is 0 Å². The number of hydrogen-bond donors (Lipinski definition) is 2. The number of carbonyl (C=O) groups is 1. The number of imidazole rings is 1. The van der Waals surface area contributed by atoms with Crippen molar-refractivity contribution in [3.63, 3.8) is 0 Å². The zero-order chi connectivity index (χ0) is 13.4. The van der Waals surface area contributed by atoms with Crippen LogP contribution in [0.1, 0.15) is 19.3 Å². The number of aromatic amines is 1. The summed E-state index contributed by atoms with van der Waals surface area (Å²) < 4.78 is 15.5. The van der Waals surface area contributed by atoms with Crippen LogP contribution >= 0.6 is 12.2 Å². The van der Waals surface area contributed by atoms with E-state index in [0.717, 1.165) is 18.4 Å². The van der Waals surface area contributed by atoms with Crippen LogP contribution in [0, 0.1) is 10.6 Å². The van der Waals surface area contributed by atoms with E-state index in [0.29, 0.717) is 29.3 Å². The molecule has 1 heterocycles. The van der Waals surface area contributed by atoms with Crippen LogP contribution in [0.4, 0.5) is 4.39 Å². The molecule has 0 unspecified atom stereocenters. The number of H-pyrrole nitrogens is 1. The van der Waals surface area contributed by atoms with Crippen LogP contribution in [0.2, 0.25) is 0 Å². The van der Waals surface area contributed by atoms with Gasteiger partial charge in [0, 0.05) is 19.0 Å². The predicted molar refractivity (Wildman–Crippen MR) is 72.9 cm³/mol. The maximum Gasteiger partial charge on any atom is 0.222 e. The van der Waals surface area contributed by atoms with Gasteiger partial charge in [0.1, 0.15) is 5.82 Å². The first-order valence-corrected chi connectivity index (χ1v) is 6.72. The molecular formula is C13H14FN3OS. The normalized spacial score (nSPS) is 14.8. The second-order valence-electron chi connectivity index (χ2n) is 4.84. The van der Waals surface area contributed by atoms with E-state index in [2.05, 4.69) is 10.3 Å². The maximum atomic E-state index is 13.3. The molecule has 0 saturated heterocycles. The van der Waals surface area contributed by atoms with E-state index < -0.39 is 0 Å². The van der Waals surface area contributed by atoms with Crippen LogP contribution in [0.25, 0.3) is 11.0 Å². The lowest BCUT2D eigenvalue weighted by atomic mass is 10.3. The Balaban J connectivity index is 1.79. The lowest BCUT2D eigenvalue weighted by Gasteiger charge is -2.05. The fraction of sp³-hybridized carbons (Fsp3) is 0.385. The summed E-state index contributed by atoms with van der Waals surface area (Å²) in [5.41, 5.74) is 1.48. The quantitative estimate of drug-likeness (QED) is 0.845. The number of aryl methyl sites for hydroxylation is 1. The van der Waals surface area contributed by atoms with Gasteiger partial charge in [0.05, 0.1) is 11.0 Å². The molecule has 0 spiro atoms. The molecule has 1 amide bonds. The van der Waals surface area contributed by atoms with Gasteiger partial charge >= 0.3 is 0 Å². The Morgan fingerprint density at radius 1 is 1.53 bits per heavy atom. The van der Waals surface area contributed by atoms with Crippen molar-refractivity contribution in [3.05, 3.63) is 28.8 Å². The minimum absolute atomic E-state index is 0.0233. The summed E-state index contributed by atoms with van der Waals surface area (Å²) in [4.78, 5) is 14.7. The number of fused-ring (bicyclic) bond motifs is 1. The van der Waals surface area contributed by atoms with Gasteiger partial charge in [0.2, 0.25) is 5.91 Å². The summed E-state index contributed by atoms with van der Waals surface area (Å²) in [6, 6.07) is 4.83. The molecule has 0 radical (unpaired) electrons. The van der Waals surface area contributed by atoms with Gasteiger partial charge in [-0.1, -0.05) is 0 Å². The first-order valence-electron chi connectivity index (χ1n) is 6.31. The topological polar surface area (TPSA) is 49.8 Å². The lowest BCUT2D eigenvalue weighted by molar-refractivity contribution is -0.121. The highest BCUT2D eigenvalue weighted by Crippen LogP contribution is 2.19. The van der Waals surface area contributed by atoms with Crippen molar-refractivity contribution in [1.29, 1.82) is 0 Å². The number of hydrogen-bond acceptors (Lipinski definition) is 2. The van der Waals surface area contributed by atoms with Gasteiger partial charge in [0.25, 0.3) is 0 Å². The summed E-state index contributed by atoms with van der Waals surface area (Å²) in [6.07, 6.45) is 2.50. The average Bonchev–Trinajstić information content (AvgIpc) is 3.11. The summed E-state index contributed by atoms with van der Waals surface area (Å²) in [6.45, 7) is 0.459. The summed E-state index contributed by atoms with van der Waals surface area (Å²) >= 11 is 5.20. The molecular weight excluding hydrogens is 265 g/mol. The van der Waals surface area contributed by atoms with Gasteiger partial charge in [-0.2, -0.15) is 0 Å². The predicted octanol–water partition coefficient (Wildman–Crippen LogP) is 2.51. The molecule has 4 nitrogen and oxygen atoms in total. The van der Waals surface area contributed by atoms with Crippen molar-refractivity contribution < 1.29 is 9.18 Å². The minimum atomic E-state index is -0.308. The molecule has 100 valence electrons. The monoisotopic (exact) mass is 279 g/mol. The van der Waals surface area contributed by atoms with Gasteiger partial charge in [-0.25, -0.2) is 4.39 Å². The van der Waals surface area contributed by atoms with Crippen molar-refractivity contribution in [3.8, 4) is 0 Å². The van der Waals surface area contributed by atoms with Crippen LogP contribution in [0.5, 0.6) is 0 Å². The number of amides is 1. The minimum Gasteiger partial charge on any atom is -0.353 e. The van der Waals surface area contributed by atoms with Crippen LogP contribution < -0.4 is 5.32 Å². The Bertz CT molecular complexity index is 687. The Hall–Kier alpha value is -1.69. The van der Waals surface area contributed by atoms with E-state index >= 15 is 0 Å². The number of halogens is 1. The average molecular weight is 279 g/mol. The Morgan fingerprint density at radius 3 is 3.05 bits per heavy atom. The molecule has 0 bridgehead atoms. The first kappa shape index (κ1) is 12.3. The molecule has 19 heavy (non-hydrogen) atoms. The van der Waals surface area contributed by atoms with E-state index in [9.17, 15) is 9.18 Å². The number of aromatic nitrogens is 2. The third-order valence-electron chi connectivity index (χ3n) is 3.24. The summed E-state index contributed by atoms with van der Waals surface area (Å²) in [5, 5.41) is 2.92. The fourth-order valence-electron chi connectivity index (χ4n) is 2.09. The smallest absolute Gasteiger partial charge is 0.222 e. The van der Waals surface area contributed by atoms with E-state index in [1.807, 2.05) is 0 Å². The molecule has 1 aliphatic carbocycles. The summed E-state index contributed by atoms with van der Waals surface area (Å²) in [7, 11) is 0. The van der Waals surface area contributed by atoms with Crippen LogP contribution in [-0.4, -0.2) is 21.5 Å². The third-order valence-corrected chi connectivity index (χ3v) is 3.56. The van der Waals surface area contributed by atoms with Gasteiger partial charge in [-0.3, -0.25) is 4.79 Å². The highest BCUT2D eigenvalue weighted by Gasteiger charge is 2.22. The molecule has 2 N–H and O–H groups in total. The number of benzene rings is 1. The molecule has 1 aromatic carbocycles. The Labute approximate surface area is 114 Å². The molecule has 1 fully saturated rings. The van der Waals surface area contributed by atoms with Crippen molar-refractivity contribution in [1.82, 2.24) is 14.9 Å². The van der Waals surface area contributed by atoms with E-state index in [4.69, 9.17) is 12.2 Å². The van der Waals surface area contributed by atoms with Crippen LogP contribution in [-0.2, 0) is 11.3 Å². The zero-order valence-electron chi connectivity index (χ0n) is 10.3. The van der Waals surface area contributed by atoms with Gasteiger partial charge < -0.3 is 14.9 Å². The standard InChI is InChI=1S/C13H14FN3OS/c14-8-1-4-10-11(7-8)17(13(19)16-10)6-5-12(18)15-9-2-3-9/h1,4,7,9H,2-3,5-6H2,(H,15,18)(H,16,19). The Morgan fingerprint density at radius 2 is 2.32 bits per heavy atom. The SMILES string of the molecule is O=C(CCn1c(=S)[nH]c2ccc(F)cc21)NC1CC1. The van der Waals surface area contributed by atoms with Gasteiger partial charge in [-0.15, -0.1) is 0 Å². The van der Waals surface area contributed by atoms with Gasteiger partial charge in [-0.05, 0) is 43.3 Å². The Kier molecular flexibility index (Phi) is 3.10. The molecule has 1 saturated carbocycles. The maximum absolute atomic E-state index is 13.3. The van der Waals surface area contributed by atoms with Crippen molar-refractivity contribution >= 4 is 29.2 Å². The lowest BCUT2D eigenvalue weighted by Crippen LogP contribution is -2.26. The third kappa shape index (κ3) is 2.68. The van der Waals surface area contributed by atoms with Crippen LogP contribution in [0.3, 0.4) is 0 Å². The van der Waals surface area contributed by atoms with E-state index in [-0.39, 0.29) is 11.7 Å².